The van der Waals surface area contributed by atoms with E-state index in [2.05, 4.69) is 9.71 Å². The summed E-state index contributed by atoms with van der Waals surface area (Å²) in [7, 11) is -3.36. The van der Waals surface area contributed by atoms with E-state index in [1.807, 2.05) is 5.38 Å². The fraction of sp³-hybridized carbons (Fsp3) is 0.125. The third-order valence-electron chi connectivity index (χ3n) is 1.66. The Balaban J connectivity index is 2.06. The number of sulfonamides is 1. The average molecular weight is 260 g/mol. The second kappa shape index (κ2) is 4.40. The number of aromatic nitrogens is 1. The van der Waals surface area contributed by atoms with Crippen molar-refractivity contribution < 1.29 is 8.42 Å². The maximum Gasteiger partial charge on any atom is 0.250 e. The molecule has 15 heavy (non-hydrogen) atoms. The van der Waals surface area contributed by atoms with E-state index >= 15 is 0 Å². The zero-order valence-corrected chi connectivity index (χ0v) is 10.0. The van der Waals surface area contributed by atoms with Gasteiger partial charge in [-0.15, -0.1) is 22.7 Å². The lowest BCUT2D eigenvalue weighted by Crippen LogP contribution is -2.22. The average Bonchev–Trinajstić information content (AvgIpc) is 2.88. The van der Waals surface area contributed by atoms with Crippen LogP contribution in [0.4, 0.5) is 0 Å². The highest BCUT2D eigenvalue weighted by molar-refractivity contribution is 7.91. The Morgan fingerprint density at radius 1 is 1.33 bits per heavy atom. The molecule has 2 aromatic heterocycles. The maximum absolute atomic E-state index is 11.7. The Hall–Kier alpha value is -0.760. The molecule has 80 valence electrons. The van der Waals surface area contributed by atoms with Crippen LogP contribution in [0.1, 0.15) is 5.01 Å². The minimum absolute atomic E-state index is 0.248. The first-order chi connectivity index (χ1) is 7.18. The summed E-state index contributed by atoms with van der Waals surface area (Å²) in [6.07, 6.45) is 1.65. The number of rotatable bonds is 4. The van der Waals surface area contributed by atoms with Crippen LogP contribution < -0.4 is 4.72 Å². The minimum Gasteiger partial charge on any atom is -0.248 e. The Morgan fingerprint density at radius 2 is 2.20 bits per heavy atom. The monoisotopic (exact) mass is 260 g/mol. The topological polar surface area (TPSA) is 59.1 Å². The molecule has 0 aliphatic heterocycles. The first-order valence-corrected chi connectivity index (χ1v) is 7.34. The Bertz CT molecular complexity index is 502. The summed E-state index contributed by atoms with van der Waals surface area (Å²) in [5.41, 5.74) is 0. The normalized spacial score (nSPS) is 11.7. The van der Waals surface area contributed by atoms with E-state index in [0.717, 1.165) is 5.01 Å². The second-order valence-electron chi connectivity index (χ2n) is 2.68. The molecule has 0 spiro atoms. The summed E-state index contributed by atoms with van der Waals surface area (Å²) in [5.74, 6) is 0. The number of thiazole rings is 1. The van der Waals surface area contributed by atoms with Gasteiger partial charge in [0, 0.05) is 11.6 Å². The van der Waals surface area contributed by atoms with E-state index in [-0.39, 0.29) is 6.54 Å². The lowest BCUT2D eigenvalue weighted by molar-refractivity contribution is 0.583. The van der Waals surface area contributed by atoms with Crippen molar-refractivity contribution in [3.63, 3.8) is 0 Å². The second-order valence-corrected chi connectivity index (χ2v) is 6.60. The largest absolute Gasteiger partial charge is 0.250 e. The third kappa shape index (κ3) is 2.63. The predicted molar refractivity (Wildman–Crippen MR) is 60.5 cm³/mol. The van der Waals surface area contributed by atoms with Gasteiger partial charge >= 0.3 is 0 Å². The summed E-state index contributed by atoms with van der Waals surface area (Å²) in [5, 5.41) is 4.31. The van der Waals surface area contributed by atoms with Gasteiger partial charge in [-0.05, 0) is 11.4 Å². The molecule has 0 fully saturated rings. The highest BCUT2D eigenvalue weighted by Crippen LogP contribution is 2.15. The fourth-order valence-corrected chi connectivity index (χ4v) is 3.66. The van der Waals surface area contributed by atoms with Gasteiger partial charge in [-0.3, -0.25) is 0 Å². The molecule has 0 unspecified atom stereocenters. The first-order valence-electron chi connectivity index (χ1n) is 4.10. The van der Waals surface area contributed by atoms with Crippen LogP contribution >= 0.6 is 22.7 Å². The predicted octanol–water partition coefficient (Wildman–Crippen LogP) is 1.68. The highest BCUT2D eigenvalue weighted by Gasteiger charge is 2.14. The molecule has 0 radical (unpaired) electrons. The standard InChI is InChI=1S/C8H8N2O2S3/c11-15(12,8-2-1-4-14-8)10-6-7-9-3-5-13-7/h1-5,10H,6H2. The van der Waals surface area contributed by atoms with Gasteiger partial charge in [0.15, 0.2) is 0 Å². The van der Waals surface area contributed by atoms with Crippen molar-refractivity contribution in [2.75, 3.05) is 0 Å². The van der Waals surface area contributed by atoms with Gasteiger partial charge < -0.3 is 0 Å². The molecular weight excluding hydrogens is 252 g/mol. The molecular formula is C8H8N2O2S3. The number of nitrogens with zero attached hydrogens (tertiary/aromatic N) is 1. The van der Waals surface area contributed by atoms with E-state index in [9.17, 15) is 8.42 Å². The van der Waals surface area contributed by atoms with Crippen molar-refractivity contribution in [1.82, 2.24) is 9.71 Å². The zero-order chi connectivity index (χ0) is 10.7. The number of hydrogen-bond donors (Lipinski definition) is 1. The molecule has 2 heterocycles. The quantitative estimate of drug-likeness (QED) is 0.910. The van der Waals surface area contributed by atoms with Crippen LogP contribution in [0.5, 0.6) is 0 Å². The SMILES string of the molecule is O=S(=O)(NCc1nccs1)c1cccs1. The number of hydrogen-bond acceptors (Lipinski definition) is 5. The zero-order valence-electron chi connectivity index (χ0n) is 7.58. The summed E-state index contributed by atoms with van der Waals surface area (Å²) in [6.45, 7) is 0.248. The highest BCUT2D eigenvalue weighted by atomic mass is 32.2. The molecule has 0 aliphatic rings. The van der Waals surface area contributed by atoms with Crippen LogP contribution in [0.2, 0.25) is 0 Å². The van der Waals surface area contributed by atoms with Gasteiger partial charge in [-0.25, -0.2) is 18.1 Å². The van der Waals surface area contributed by atoms with Crippen LogP contribution in [-0.2, 0) is 16.6 Å². The van der Waals surface area contributed by atoms with Gasteiger partial charge in [-0.1, -0.05) is 6.07 Å². The van der Waals surface area contributed by atoms with Crippen LogP contribution in [0.3, 0.4) is 0 Å². The molecule has 1 N–H and O–H groups in total. The van der Waals surface area contributed by atoms with Gasteiger partial charge in [0.1, 0.15) is 9.22 Å². The molecule has 0 amide bonds. The van der Waals surface area contributed by atoms with Crippen molar-refractivity contribution in [2.24, 2.45) is 0 Å². The van der Waals surface area contributed by atoms with Crippen molar-refractivity contribution in [2.45, 2.75) is 10.8 Å². The molecule has 0 saturated carbocycles. The van der Waals surface area contributed by atoms with E-state index in [0.29, 0.717) is 4.21 Å². The molecule has 0 saturated heterocycles. The Labute approximate surface area is 95.7 Å². The Kier molecular flexibility index (Phi) is 3.15. The summed E-state index contributed by atoms with van der Waals surface area (Å²) < 4.78 is 26.2. The van der Waals surface area contributed by atoms with E-state index in [1.54, 1.807) is 23.7 Å². The van der Waals surface area contributed by atoms with Crippen molar-refractivity contribution in [3.05, 3.63) is 34.1 Å². The van der Waals surface area contributed by atoms with Gasteiger partial charge in [0.25, 0.3) is 0 Å². The lowest BCUT2D eigenvalue weighted by atomic mass is 10.7. The van der Waals surface area contributed by atoms with E-state index < -0.39 is 10.0 Å². The molecule has 0 aromatic carbocycles. The third-order valence-corrected chi connectivity index (χ3v) is 5.24. The maximum atomic E-state index is 11.7. The van der Waals surface area contributed by atoms with Crippen LogP contribution in [0.15, 0.2) is 33.3 Å². The first kappa shape index (κ1) is 10.7. The molecule has 0 aliphatic carbocycles. The Morgan fingerprint density at radius 3 is 2.80 bits per heavy atom. The smallest absolute Gasteiger partial charge is 0.248 e. The molecule has 0 bridgehead atoms. The van der Waals surface area contributed by atoms with Crippen molar-refractivity contribution in [1.29, 1.82) is 0 Å². The number of thiophene rings is 1. The number of nitrogens with one attached hydrogen (secondary N) is 1. The molecule has 0 atom stereocenters. The van der Waals surface area contributed by atoms with Crippen LogP contribution in [0, 0.1) is 0 Å². The minimum atomic E-state index is -3.36. The summed E-state index contributed by atoms with van der Waals surface area (Å²) in [6, 6.07) is 3.29. The van der Waals surface area contributed by atoms with Crippen LogP contribution in [-0.4, -0.2) is 13.4 Å². The van der Waals surface area contributed by atoms with Gasteiger partial charge in [0.2, 0.25) is 10.0 Å². The molecule has 7 heteroatoms. The summed E-state index contributed by atoms with van der Waals surface area (Å²) >= 11 is 2.63. The van der Waals surface area contributed by atoms with Crippen molar-refractivity contribution in [3.8, 4) is 0 Å². The summed E-state index contributed by atoms with van der Waals surface area (Å²) in [4.78, 5) is 4.00. The van der Waals surface area contributed by atoms with E-state index in [1.165, 1.54) is 22.7 Å². The van der Waals surface area contributed by atoms with Gasteiger partial charge in [-0.2, -0.15) is 0 Å². The fourth-order valence-electron chi connectivity index (χ4n) is 0.985. The van der Waals surface area contributed by atoms with Crippen molar-refractivity contribution >= 4 is 32.7 Å². The van der Waals surface area contributed by atoms with E-state index in [4.69, 9.17) is 0 Å². The van der Waals surface area contributed by atoms with Crippen LogP contribution in [0.25, 0.3) is 0 Å². The molecule has 2 aromatic rings. The molecule has 4 nitrogen and oxygen atoms in total. The molecule has 2 rings (SSSR count). The van der Waals surface area contributed by atoms with Gasteiger partial charge in [0.05, 0.1) is 6.54 Å². The lowest BCUT2D eigenvalue weighted by Gasteiger charge is -2.01.